The zero-order valence-electron chi connectivity index (χ0n) is 10.9. The van der Waals surface area contributed by atoms with Gasteiger partial charge in [-0.15, -0.1) is 0 Å². The van der Waals surface area contributed by atoms with Crippen LogP contribution in [0.25, 0.3) is 0 Å². The highest BCUT2D eigenvalue weighted by Crippen LogP contribution is 2.16. The third-order valence-corrected chi connectivity index (χ3v) is 2.53. The van der Waals surface area contributed by atoms with Crippen molar-refractivity contribution in [2.75, 3.05) is 6.79 Å². The quantitative estimate of drug-likeness (QED) is 0.595. The van der Waals surface area contributed by atoms with Gasteiger partial charge in [0.15, 0.2) is 0 Å². The van der Waals surface area contributed by atoms with Crippen LogP contribution in [0.3, 0.4) is 0 Å². The monoisotopic (exact) mass is 250 g/mol. The van der Waals surface area contributed by atoms with E-state index in [1.165, 1.54) is 0 Å². The molecule has 1 aromatic rings. The standard InChI is InChI=1S/C14H18O4/c1-10(2)13(15)17-9-18-14(16)11(3)12-7-5-4-6-8-12/h4-8,10-11H,9H2,1-3H3. The van der Waals surface area contributed by atoms with Crippen LogP contribution < -0.4 is 0 Å². The second kappa shape index (κ2) is 6.79. The Morgan fingerprint density at radius 3 is 2.11 bits per heavy atom. The lowest BCUT2D eigenvalue weighted by Gasteiger charge is -2.12. The van der Waals surface area contributed by atoms with Crippen LogP contribution >= 0.6 is 0 Å². The van der Waals surface area contributed by atoms with Crippen molar-refractivity contribution in [3.63, 3.8) is 0 Å². The van der Waals surface area contributed by atoms with Gasteiger partial charge in [-0.3, -0.25) is 9.59 Å². The Kier molecular flexibility index (Phi) is 5.36. The van der Waals surface area contributed by atoms with Gasteiger partial charge in [-0.2, -0.15) is 0 Å². The molecule has 0 N–H and O–H groups in total. The van der Waals surface area contributed by atoms with E-state index in [1.807, 2.05) is 30.3 Å². The Morgan fingerprint density at radius 2 is 1.56 bits per heavy atom. The highest BCUT2D eigenvalue weighted by Gasteiger charge is 2.17. The fourth-order valence-corrected chi connectivity index (χ4v) is 1.32. The van der Waals surface area contributed by atoms with E-state index in [4.69, 9.17) is 9.47 Å². The molecule has 0 aromatic heterocycles. The third-order valence-electron chi connectivity index (χ3n) is 2.53. The number of carbonyl (C=O) groups excluding carboxylic acids is 2. The first-order valence-electron chi connectivity index (χ1n) is 5.90. The summed E-state index contributed by atoms with van der Waals surface area (Å²) in [4.78, 5) is 22.8. The molecule has 4 nitrogen and oxygen atoms in total. The fourth-order valence-electron chi connectivity index (χ4n) is 1.32. The molecule has 1 aromatic carbocycles. The van der Waals surface area contributed by atoms with Crippen LogP contribution in [0, 0.1) is 5.92 Å². The molecule has 18 heavy (non-hydrogen) atoms. The maximum absolute atomic E-state index is 11.7. The van der Waals surface area contributed by atoms with Crippen LogP contribution in [0.4, 0.5) is 0 Å². The predicted octanol–water partition coefficient (Wildman–Crippen LogP) is 2.49. The van der Waals surface area contributed by atoms with E-state index in [1.54, 1.807) is 20.8 Å². The molecule has 4 heteroatoms. The molecule has 1 rings (SSSR count). The molecular weight excluding hydrogens is 232 g/mol. The Morgan fingerprint density at radius 1 is 1.00 bits per heavy atom. The Labute approximate surface area is 107 Å². The minimum Gasteiger partial charge on any atom is -0.428 e. The van der Waals surface area contributed by atoms with E-state index < -0.39 is 5.97 Å². The molecule has 0 aliphatic heterocycles. The van der Waals surface area contributed by atoms with Gasteiger partial charge in [-0.25, -0.2) is 0 Å². The molecule has 0 amide bonds. The van der Waals surface area contributed by atoms with Crippen LogP contribution in [0.2, 0.25) is 0 Å². The van der Waals surface area contributed by atoms with E-state index >= 15 is 0 Å². The van der Waals surface area contributed by atoms with Crippen LogP contribution in [0.5, 0.6) is 0 Å². The minimum atomic E-state index is -0.405. The number of ether oxygens (including phenoxy) is 2. The number of carbonyl (C=O) groups is 2. The summed E-state index contributed by atoms with van der Waals surface area (Å²) in [6, 6.07) is 9.31. The zero-order chi connectivity index (χ0) is 13.5. The zero-order valence-corrected chi connectivity index (χ0v) is 10.9. The van der Waals surface area contributed by atoms with E-state index in [0.29, 0.717) is 0 Å². The van der Waals surface area contributed by atoms with Gasteiger partial charge in [0, 0.05) is 0 Å². The molecule has 0 fully saturated rings. The molecule has 0 saturated carbocycles. The van der Waals surface area contributed by atoms with Gasteiger partial charge in [0.05, 0.1) is 11.8 Å². The number of hydrogen-bond acceptors (Lipinski definition) is 4. The highest BCUT2D eigenvalue weighted by molar-refractivity contribution is 5.77. The minimum absolute atomic E-state index is 0.227. The Bertz CT molecular complexity index is 398. The summed E-state index contributed by atoms with van der Waals surface area (Å²) in [5, 5.41) is 0. The normalized spacial score (nSPS) is 12.0. The van der Waals surface area contributed by atoms with Crippen molar-refractivity contribution in [1.82, 2.24) is 0 Å². The van der Waals surface area contributed by atoms with Crippen molar-refractivity contribution in [1.29, 1.82) is 0 Å². The summed E-state index contributed by atoms with van der Waals surface area (Å²) in [6.07, 6.45) is 0. The molecule has 0 aliphatic rings. The van der Waals surface area contributed by atoms with Crippen LogP contribution in [0.15, 0.2) is 30.3 Å². The molecule has 0 heterocycles. The number of rotatable bonds is 5. The largest absolute Gasteiger partial charge is 0.428 e. The summed E-state index contributed by atoms with van der Waals surface area (Å²) in [5.74, 6) is -1.38. The predicted molar refractivity (Wildman–Crippen MR) is 66.7 cm³/mol. The maximum Gasteiger partial charge on any atom is 0.316 e. The summed E-state index contributed by atoms with van der Waals surface area (Å²) in [6.45, 7) is 4.86. The maximum atomic E-state index is 11.7. The third kappa shape index (κ3) is 4.20. The highest BCUT2D eigenvalue weighted by atomic mass is 16.7. The van der Waals surface area contributed by atoms with Gasteiger partial charge >= 0.3 is 11.9 Å². The van der Waals surface area contributed by atoms with Crippen LogP contribution in [-0.4, -0.2) is 18.7 Å². The van der Waals surface area contributed by atoms with Gasteiger partial charge in [0.1, 0.15) is 0 Å². The van der Waals surface area contributed by atoms with Crippen molar-refractivity contribution < 1.29 is 19.1 Å². The smallest absolute Gasteiger partial charge is 0.316 e. The molecule has 0 saturated heterocycles. The van der Waals surface area contributed by atoms with Gasteiger partial charge in [-0.05, 0) is 12.5 Å². The summed E-state index contributed by atoms with van der Waals surface area (Å²) < 4.78 is 9.68. The van der Waals surface area contributed by atoms with Crippen LogP contribution in [-0.2, 0) is 19.1 Å². The summed E-state index contributed by atoms with van der Waals surface area (Å²) in [7, 11) is 0. The van der Waals surface area contributed by atoms with E-state index in [9.17, 15) is 9.59 Å². The molecule has 0 aliphatic carbocycles. The average Bonchev–Trinajstić information content (AvgIpc) is 2.38. The number of benzene rings is 1. The molecule has 98 valence electrons. The summed E-state index contributed by atoms with van der Waals surface area (Å²) >= 11 is 0. The summed E-state index contributed by atoms with van der Waals surface area (Å²) in [5.41, 5.74) is 0.873. The van der Waals surface area contributed by atoms with Gasteiger partial charge in [0.2, 0.25) is 6.79 Å². The molecule has 0 spiro atoms. The molecule has 0 bridgehead atoms. The lowest BCUT2D eigenvalue weighted by molar-refractivity contribution is -0.170. The van der Waals surface area contributed by atoms with E-state index in [2.05, 4.69) is 0 Å². The molecule has 1 atom stereocenters. The number of hydrogen-bond donors (Lipinski definition) is 0. The van der Waals surface area contributed by atoms with Gasteiger partial charge in [-0.1, -0.05) is 44.2 Å². The average molecular weight is 250 g/mol. The second-order valence-electron chi connectivity index (χ2n) is 4.33. The van der Waals surface area contributed by atoms with Gasteiger partial charge in [0.25, 0.3) is 0 Å². The Hall–Kier alpha value is -1.84. The van der Waals surface area contributed by atoms with E-state index in [0.717, 1.165) is 5.56 Å². The molecular formula is C14H18O4. The van der Waals surface area contributed by atoms with Crippen molar-refractivity contribution >= 4 is 11.9 Å². The van der Waals surface area contributed by atoms with Crippen molar-refractivity contribution in [3.8, 4) is 0 Å². The molecule has 1 unspecified atom stereocenters. The molecule has 0 radical (unpaired) electrons. The van der Waals surface area contributed by atoms with Crippen LogP contribution in [0.1, 0.15) is 32.3 Å². The van der Waals surface area contributed by atoms with Gasteiger partial charge < -0.3 is 9.47 Å². The second-order valence-corrected chi connectivity index (χ2v) is 4.33. The first-order chi connectivity index (χ1) is 8.52. The number of esters is 2. The first kappa shape index (κ1) is 14.2. The van der Waals surface area contributed by atoms with Crippen molar-refractivity contribution in [2.24, 2.45) is 5.92 Å². The lowest BCUT2D eigenvalue weighted by Crippen LogP contribution is -2.19. The fraction of sp³-hybridized carbons (Fsp3) is 0.429. The Balaban J connectivity index is 2.40. The first-order valence-corrected chi connectivity index (χ1v) is 5.90. The van der Waals surface area contributed by atoms with E-state index in [-0.39, 0.29) is 24.6 Å². The SMILES string of the molecule is CC(C)C(=O)OCOC(=O)C(C)c1ccccc1. The lowest BCUT2D eigenvalue weighted by atomic mass is 10.0. The topological polar surface area (TPSA) is 52.6 Å². The van der Waals surface area contributed by atoms with Crippen molar-refractivity contribution in [2.45, 2.75) is 26.7 Å². The van der Waals surface area contributed by atoms with Crippen molar-refractivity contribution in [3.05, 3.63) is 35.9 Å².